The molecule has 0 N–H and O–H groups in total. The van der Waals surface area contributed by atoms with Gasteiger partial charge in [0.25, 0.3) is 0 Å². The van der Waals surface area contributed by atoms with Gasteiger partial charge in [0.15, 0.2) is 4.90 Å². The van der Waals surface area contributed by atoms with Gasteiger partial charge in [0.2, 0.25) is 0 Å². The minimum Gasteiger partial charge on any atom is -0.593 e. The van der Waals surface area contributed by atoms with Crippen molar-refractivity contribution in [1.29, 1.82) is 0 Å². The van der Waals surface area contributed by atoms with Crippen molar-refractivity contribution in [1.82, 2.24) is 9.21 Å². The molecular formula is C25H38N2O5S. The molecule has 1 aromatic rings. The minimum absolute atomic E-state index is 0.00702. The molecule has 3 unspecified atom stereocenters. The summed E-state index contributed by atoms with van der Waals surface area (Å²) in [7, 11) is 3.77. The third-order valence-corrected chi connectivity index (χ3v) is 8.87. The van der Waals surface area contributed by atoms with Gasteiger partial charge in [-0.05, 0) is 64.8 Å². The Labute approximate surface area is 201 Å². The van der Waals surface area contributed by atoms with Crippen LogP contribution in [0.4, 0.5) is 0 Å². The number of ketones is 1. The monoisotopic (exact) mass is 478 g/mol. The van der Waals surface area contributed by atoms with E-state index in [4.69, 9.17) is 9.47 Å². The number of ether oxygens (including phenoxy) is 2. The Morgan fingerprint density at radius 3 is 2.42 bits per heavy atom. The number of methoxy groups -OCH3 is 1. The summed E-state index contributed by atoms with van der Waals surface area (Å²) in [6, 6.07) is 9.50. The number of hydrogen-bond donors (Lipinski definition) is 0. The molecule has 184 valence electrons. The molecule has 8 heteroatoms. The van der Waals surface area contributed by atoms with Crippen molar-refractivity contribution in [2.75, 3.05) is 40.4 Å². The fraction of sp³-hybridized carbons (Fsp3) is 0.680. The van der Waals surface area contributed by atoms with Crippen molar-refractivity contribution in [2.45, 2.75) is 62.5 Å². The molecule has 1 aromatic carbocycles. The molecule has 0 aliphatic carbocycles. The Balaban J connectivity index is 1.74. The van der Waals surface area contributed by atoms with Gasteiger partial charge in [-0.25, -0.2) is 0 Å². The SMILES string of the molecule is COC1CCCN(C)C2(CCN([S+]([O-])c3ccccc3)CC2)COC(=O)C(C)C(=O)[C@H](C)C1. The van der Waals surface area contributed by atoms with Crippen molar-refractivity contribution in [3.05, 3.63) is 30.3 Å². The summed E-state index contributed by atoms with van der Waals surface area (Å²) in [4.78, 5) is 28.7. The van der Waals surface area contributed by atoms with Gasteiger partial charge in [-0.2, -0.15) is 0 Å². The summed E-state index contributed by atoms with van der Waals surface area (Å²) >= 11 is -1.21. The number of piperidine rings is 1. The Bertz CT molecular complexity index is 784. The molecule has 2 saturated heterocycles. The van der Waals surface area contributed by atoms with Crippen molar-refractivity contribution in [2.24, 2.45) is 11.8 Å². The van der Waals surface area contributed by atoms with E-state index in [-0.39, 0.29) is 30.0 Å². The van der Waals surface area contributed by atoms with Crippen LogP contribution in [0.15, 0.2) is 35.2 Å². The fourth-order valence-corrected chi connectivity index (χ4v) is 6.10. The molecule has 4 atom stereocenters. The minimum atomic E-state index is -1.21. The molecule has 0 aromatic heterocycles. The lowest BCUT2D eigenvalue weighted by molar-refractivity contribution is -0.157. The van der Waals surface area contributed by atoms with E-state index in [1.165, 1.54) is 0 Å². The van der Waals surface area contributed by atoms with E-state index in [1.54, 1.807) is 14.0 Å². The van der Waals surface area contributed by atoms with Crippen LogP contribution < -0.4 is 0 Å². The second-order valence-electron chi connectivity index (χ2n) is 9.51. The van der Waals surface area contributed by atoms with Crippen LogP contribution in [0, 0.1) is 11.8 Å². The second kappa shape index (κ2) is 11.8. The Kier molecular flexibility index (Phi) is 9.35. The standard InChI is InChI=1S/C25H38N2O5S/c1-19-17-21(31-4)9-8-14-26(3)25(18-32-24(29)20(2)23(19)28)12-15-27(16-13-25)33(30)22-10-6-5-7-11-22/h5-7,10-11,19-21H,8-9,12-18H2,1-4H3/t19-,20?,21?,33?/m1/s1. The molecule has 0 saturated carbocycles. The lowest BCUT2D eigenvalue weighted by Crippen LogP contribution is -2.58. The summed E-state index contributed by atoms with van der Waals surface area (Å²) in [5.74, 6) is -1.58. The maximum absolute atomic E-state index is 13.0. The van der Waals surface area contributed by atoms with Crippen molar-refractivity contribution in [3.63, 3.8) is 0 Å². The first kappa shape index (κ1) is 26.2. The van der Waals surface area contributed by atoms with Crippen LogP contribution in [0.2, 0.25) is 0 Å². The Morgan fingerprint density at radius 1 is 1.12 bits per heavy atom. The molecule has 7 nitrogen and oxygen atoms in total. The van der Waals surface area contributed by atoms with Crippen LogP contribution in [-0.4, -0.2) is 77.6 Å². The van der Waals surface area contributed by atoms with Crippen molar-refractivity contribution < 1.29 is 23.6 Å². The zero-order valence-corrected chi connectivity index (χ0v) is 21.1. The predicted molar refractivity (Wildman–Crippen MR) is 128 cm³/mol. The number of carbonyl (C=O) groups is 2. The molecule has 33 heavy (non-hydrogen) atoms. The molecule has 1 spiro atoms. The quantitative estimate of drug-likeness (QED) is 0.375. The zero-order chi connectivity index (χ0) is 24.0. The maximum Gasteiger partial charge on any atom is 0.316 e. The number of hydrogen-bond acceptors (Lipinski definition) is 7. The van der Waals surface area contributed by atoms with E-state index in [0.29, 0.717) is 19.5 Å². The van der Waals surface area contributed by atoms with Crippen molar-refractivity contribution >= 4 is 23.1 Å². The maximum atomic E-state index is 13.0. The van der Waals surface area contributed by atoms with Crippen molar-refractivity contribution in [3.8, 4) is 0 Å². The van der Waals surface area contributed by atoms with Crippen LogP contribution in [0.1, 0.15) is 46.0 Å². The van der Waals surface area contributed by atoms with Gasteiger partial charge in [0.1, 0.15) is 18.3 Å². The fourth-order valence-electron chi connectivity index (χ4n) is 4.90. The topological polar surface area (TPSA) is 82.1 Å². The largest absolute Gasteiger partial charge is 0.593 e. The Hall–Kier alpha value is -1.45. The number of likely N-dealkylation sites (N-methyl/N-ethyl adjacent to an activating group) is 1. The smallest absolute Gasteiger partial charge is 0.316 e. The number of rotatable bonds is 3. The average Bonchev–Trinajstić information content (AvgIpc) is 2.85. The molecular weight excluding hydrogens is 440 g/mol. The van der Waals surface area contributed by atoms with E-state index in [1.807, 2.05) is 41.6 Å². The van der Waals surface area contributed by atoms with Crippen LogP contribution in [0.3, 0.4) is 0 Å². The molecule has 2 heterocycles. The van der Waals surface area contributed by atoms with Crippen LogP contribution in [0.25, 0.3) is 0 Å². The molecule has 2 fully saturated rings. The van der Waals surface area contributed by atoms with E-state index < -0.39 is 23.2 Å². The summed E-state index contributed by atoms with van der Waals surface area (Å²) in [6.45, 7) is 5.90. The number of nitrogens with zero attached hydrogens (tertiary/aromatic N) is 2. The molecule has 2 aliphatic heterocycles. The number of carbonyl (C=O) groups excluding carboxylic acids is 2. The van der Waals surface area contributed by atoms with Gasteiger partial charge >= 0.3 is 5.97 Å². The van der Waals surface area contributed by atoms with Gasteiger partial charge in [0.05, 0.1) is 23.0 Å². The van der Waals surface area contributed by atoms with Gasteiger partial charge in [0, 0.05) is 26.1 Å². The normalized spacial score (nSPS) is 29.5. The van der Waals surface area contributed by atoms with Gasteiger partial charge in [-0.3, -0.25) is 14.5 Å². The first-order valence-corrected chi connectivity index (χ1v) is 13.0. The molecule has 0 radical (unpaired) electrons. The highest BCUT2D eigenvalue weighted by molar-refractivity contribution is 7.89. The van der Waals surface area contributed by atoms with E-state index in [9.17, 15) is 14.1 Å². The molecule has 3 rings (SSSR count). The van der Waals surface area contributed by atoms with E-state index in [2.05, 4.69) is 11.9 Å². The predicted octanol–water partition coefficient (Wildman–Crippen LogP) is 3.06. The van der Waals surface area contributed by atoms with E-state index in [0.717, 1.165) is 37.1 Å². The number of Topliss-reactive ketones (excluding diaryl/α,β-unsaturated/α-hetero) is 1. The first-order valence-electron chi connectivity index (χ1n) is 11.9. The highest BCUT2D eigenvalue weighted by atomic mass is 32.2. The molecule has 2 aliphatic rings. The summed E-state index contributed by atoms with van der Waals surface area (Å²) in [5, 5.41) is 0. The summed E-state index contributed by atoms with van der Waals surface area (Å²) < 4.78 is 26.4. The highest BCUT2D eigenvalue weighted by Crippen LogP contribution is 2.32. The first-order chi connectivity index (χ1) is 15.8. The Morgan fingerprint density at radius 2 is 1.79 bits per heavy atom. The lowest BCUT2D eigenvalue weighted by Gasteiger charge is -2.46. The third-order valence-electron chi connectivity index (χ3n) is 7.36. The summed E-state index contributed by atoms with van der Waals surface area (Å²) in [6.07, 6.45) is 3.88. The number of esters is 1. The molecule has 0 bridgehead atoms. The molecule has 0 amide bonds. The van der Waals surface area contributed by atoms with Gasteiger partial charge in [-0.1, -0.05) is 25.1 Å². The number of benzene rings is 1. The van der Waals surface area contributed by atoms with Gasteiger partial charge < -0.3 is 14.0 Å². The van der Waals surface area contributed by atoms with Crippen LogP contribution >= 0.6 is 0 Å². The average molecular weight is 479 g/mol. The van der Waals surface area contributed by atoms with Gasteiger partial charge in [-0.15, -0.1) is 4.31 Å². The van der Waals surface area contributed by atoms with Crippen LogP contribution in [0.5, 0.6) is 0 Å². The zero-order valence-electron chi connectivity index (χ0n) is 20.3. The highest BCUT2D eigenvalue weighted by Gasteiger charge is 2.43. The number of cyclic esters (lactones) is 1. The lowest BCUT2D eigenvalue weighted by atomic mass is 9.87. The summed E-state index contributed by atoms with van der Waals surface area (Å²) in [5.41, 5.74) is -0.335. The third kappa shape index (κ3) is 6.36. The van der Waals surface area contributed by atoms with E-state index >= 15 is 0 Å². The van der Waals surface area contributed by atoms with Crippen LogP contribution in [-0.2, 0) is 30.4 Å². The second-order valence-corrected chi connectivity index (χ2v) is 11.0.